The van der Waals surface area contributed by atoms with Gasteiger partial charge in [-0.25, -0.2) is 0 Å². The number of rotatable bonds is 6. The summed E-state index contributed by atoms with van der Waals surface area (Å²) in [5.74, 6) is -3.81. The molecule has 1 aromatic rings. The third kappa shape index (κ3) is 4.38. The number of carbonyl (C=O) groups excluding carboxylic acids is 3. The Bertz CT molecular complexity index is 735. The quantitative estimate of drug-likeness (QED) is 0.564. The lowest BCUT2D eigenvalue weighted by Crippen LogP contribution is -2.41. The minimum Gasteiger partial charge on any atom is -0.466 e. The van der Waals surface area contributed by atoms with Crippen molar-refractivity contribution in [3.8, 4) is 0 Å². The fourth-order valence-electron chi connectivity index (χ4n) is 3.50. The van der Waals surface area contributed by atoms with Crippen LogP contribution in [0.2, 0.25) is 0 Å². The van der Waals surface area contributed by atoms with Gasteiger partial charge in [0.2, 0.25) is 0 Å². The molecule has 27 heavy (non-hydrogen) atoms. The van der Waals surface area contributed by atoms with Gasteiger partial charge in [0.1, 0.15) is 5.92 Å². The highest BCUT2D eigenvalue weighted by atomic mass is 16.5. The lowest BCUT2D eigenvalue weighted by molar-refractivity contribution is -0.155. The number of hydrogen-bond donors (Lipinski definition) is 0. The summed E-state index contributed by atoms with van der Waals surface area (Å²) >= 11 is 0. The molecule has 0 fully saturated rings. The summed E-state index contributed by atoms with van der Waals surface area (Å²) in [6.45, 7) is 5.54. The highest BCUT2D eigenvalue weighted by Crippen LogP contribution is 2.42. The lowest BCUT2D eigenvalue weighted by Gasteiger charge is -2.34. The molecular weight excluding hydrogens is 346 g/mol. The molecular formula is C21H27NO5. The smallest absolute Gasteiger partial charge is 0.317 e. The molecule has 3 atom stereocenters. The van der Waals surface area contributed by atoms with E-state index in [1.807, 2.05) is 43.3 Å². The average molecular weight is 373 g/mol. The van der Waals surface area contributed by atoms with E-state index in [9.17, 15) is 14.4 Å². The molecule has 0 bridgehead atoms. The second-order valence-corrected chi connectivity index (χ2v) is 6.76. The average Bonchev–Trinajstić information content (AvgIpc) is 2.61. The molecule has 2 rings (SSSR count). The van der Waals surface area contributed by atoms with E-state index in [2.05, 4.69) is 0 Å². The first kappa shape index (κ1) is 20.7. The SMILES string of the molecule is CCOC(=O)C1C(=O)C=C(C)C(C(=O)OCC)C1c1ccc(N(C)C)cc1. The van der Waals surface area contributed by atoms with Crippen molar-refractivity contribution in [2.24, 2.45) is 11.8 Å². The Morgan fingerprint density at radius 2 is 1.48 bits per heavy atom. The summed E-state index contributed by atoms with van der Waals surface area (Å²) in [5.41, 5.74) is 2.31. The van der Waals surface area contributed by atoms with Gasteiger partial charge >= 0.3 is 11.9 Å². The number of carbonyl (C=O) groups is 3. The van der Waals surface area contributed by atoms with Crippen molar-refractivity contribution in [1.82, 2.24) is 0 Å². The molecule has 0 spiro atoms. The van der Waals surface area contributed by atoms with Crippen molar-refractivity contribution in [2.45, 2.75) is 26.7 Å². The van der Waals surface area contributed by atoms with Gasteiger partial charge in [-0.2, -0.15) is 0 Å². The summed E-state index contributed by atoms with van der Waals surface area (Å²) in [7, 11) is 3.85. The van der Waals surface area contributed by atoms with Crippen LogP contribution in [0.25, 0.3) is 0 Å². The van der Waals surface area contributed by atoms with E-state index in [0.29, 0.717) is 5.57 Å². The fourth-order valence-corrected chi connectivity index (χ4v) is 3.50. The van der Waals surface area contributed by atoms with E-state index in [-0.39, 0.29) is 19.0 Å². The summed E-state index contributed by atoms with van der Waals surface area (Å²) in [4.78, 5) is 39.9. The Hall–Kier alpha value is -2.63. The van der Waals surface area contributed by atoms with Gasteiger partial charge in [0.15, 0.2) is 5.78 Å². The van der Waals surface area contributed by atoms with Gasteiger partial charge in [0.25, 0.3) is 0 Å². The zero-order valence-electron chi connectivity index (χ0n) is 16.5. The number of ether oxygens (including phenoxy) is 2. The Kier molecular flexibility index (Phi) is 6.77. The number of nitrogens with zero attached hydrogens (tertiary/aromatic N) is 1. The highest BCUT2D eigenvalue weighted by molar-refractivity contribution is 6.08. The largest absolute Gasteiger partial charge is 0.466 e. The number of allylic oxidation sites excluding steroid dienone is 1. The van der Waals surface area contributed by atoms with Crippen LogP contribution in [-0.2, 0) is 23.9 Å². The standard InChI is InChI=1S/C21H27NO5/c1-6-26-20(24)17-13(3)12-16(23)19(21(25)27-7-2)18(17)14-8-10-15(11-9-14)22(4)5/h8-12,17-19H,6-7H2,1-5H3. The van der Waals surface area contributed by atoms with E-state index in [0.717, 1.165) is 11.3 Å². The summed E-state index contributed by atoms with van der Waals surface area (Å²) in [6.07, 6.45) is 1.37. The van der Waals surface area contributed by atoms with E-state index in [1.165, 1.54) is 6.08 Å². The molecule has 0 heterocycles. The first-order valence-electron chi connectivity index (χ1n) is 9.14. The molecule has 0 saturated heterocycles. The fraction of sp³-hybridized carbons (Fsp3) is 0.476. The molecule has 1 aliphatic rings. The molecule has 0 radical (unpaired) electrons. The van der Waals surface area contributed by atoms with Gasteiger partial charge in [-0.05, 0) is 44.5 Å². The summed E-state index contributed by atoms with van der Waals surface area (Å²) in [5, 5.41) is 0. The maximum absolute atomic E-state index is 12.7. The maximum atomic E-state index is 12.7. The van der Waals surface area contributed by atoms with Gasteiger partial charge in [-0.1, -0.05) is 17.7 Å². The van der Waals surface area contributed by atoms with Crippen LogP contribution in [-0.4, -0.2) is 45.0 Å². The van der Waals surface area contributed by atoms with Crippen LogP contribution in [0.5, 0.6) is 0 Å². The first-order chi connectivity index (χ1) is 12.8. The van der Waals surface area contributed by atoms with Crippen LogP contribution in [0, 0.1) is 11.8 Å². The first-order valence-corrected chi connectivity index (χ1v) is 9.14. The van der Waals surface area contributed by atoms with E-state index < -0.39 is 29.7 Å². The molecule has 0 aliphatic heterocycles. The molecule has 0 saturated carbocycles. The molecule has 6 nitrogen and oxygen atoms in total. The van der Waals surface area contributed by atoms with Crippen LogP contribution in [0.1, 0.15) is 32.3 Å². The molecule has 0 N–H and O–H groups in total. The van der Waals surface area contributed by atoms with Gasteiger partial charge in [-0.3, -0.25) is 14.4 Å². The maximum Gasteiger partial charge on any atom is 0.317 e. The van der Waals surface area contributed by atoms with E-state index in [1.54, 1.807) is 20.8 Å². The van der Waals surface area contributed by atoms with Gasteiger partial charge in [-0.15, -0.1) is 0 Å². The Labute approximate surface area is 160 Å². The molecule has 0 aromatic heterocycles. The molecule has 1 aromatic carbocycles. The molecule has 1 aliphatic carbocycles. The Balaban J connectivity index is 2.56. The molecule has 146 valence electrons. The number of anilines is 1. The van der Waals surface area contributed by atoms with Gasteiger partial charge in [0, 0.05) is 25.7 Å². The number of ketones is 1. The minimum atomic E-state index is -1.06. The minimum absolute atomic E-state index is 0.168. The Morgan fingerprint density at radius 1 is 0.963 bits per heavy atom. The molecule has 6 heteroatoms. The zero-order valence-corrected chi connectivity index (χ0v) is 16.5. The van der Waals surface area contributed by atoms with Crippen LogP contribution in [0.15, 0.2) is 35.9 Å². The van der Waals surface area contributed by atoms with Crippen molar-refractivity contribution in [3.63, 3.8) is 0 Å². The lowest BCUT2D eigenvalue weighted by atomic mass is 9.68. The van der Waals surface area contributed by atoms with Crippen LogP contribution in [0.3, 0.4) is 0 Å². The predicted molar refractivity (Wildman–Crippen MR) is 103 cm³/mol. The van der Waals surface area contributed by atoms with Crippen molar-refractivity contribution in [2.75, 3.05) is 32.2 Å². The normalized spacial score (nSPS) is 22.0. The zero-order chi connectivity index (χ0) is 20.1. The van der Waals surface area contributed by atoms with E-state index >= 15 is 0 Å². The van der Waals surface area contributed by atoms with Crippen LogP contribution in [0.4, 0.5) is 5.69 Å². The van der Waals surface area contributed by atoms with Gasteiger partial charge in [0.05, 0.1) is 19.1 Å². The number of benzene rings is 1. The third-order valence-corrected chi connectivity index (χ3v) is 4.76. The number of esters is 2. The van der Waals surface area contributed by atoms with E-state index in [4.69, 9.17) is 9.47 Å². The molecule has 0 amide bonds. The van der Waals surface area contributed by atoms with Crippen molar-refractivity contribution >= 4 is 23.4 Å². The van der Waals surface area contributed by atoms with Crippen LogP contribution >= 0.6 is 0 Å². The second-order valence-electron chi connectivity index (χ2n) is 6.76. The van der Waals surface area contributed by atoms with Crippen LogP contribution < -0.4 is 4.90 Å². The van der Waals surface area contributed by atoms with Crippen molar-refractivity contribution < 1.29 is 23.9 Å². The van der Waals surface area contributed by atoms with Gasteiger partial charge < -0.3 is 14.4 Å². The monoisotopic (exact) mass is 373 g/mol. The summed E-state index contributed by atoms with van der Waals surface area (Å²) < 4.78 is 10.4. The number of hydrogen-bond acceptors (Lipinski definition) is 6. The highest BCUT2D eigenvalue weighted by Gasteiger charge is 2.47. The third-order valence-electron chi connectivity index (χ3n) is 4.76. The Morgan fingerprint density at radius 3 is 1.96 bits per heavy atom. The topological polar surface area (TPSA) is 72.9 Å². The predicted octanol–water partition coefficient (Wildman–Crippen LogP) is 2.72. The van der Waals surface area contributed by atoms with Crippen molar-refractivity contribution in [3.05, 3.63) is 41.5 Å². The summed E-state index contributed by atoms with van der Waals surface area (Å²) in [6, 6.07) is 7.50. The second kappa shape index (κ2) is 8.84. The van der Waals surface area contributed by atoms with Crippen molar-refractivity contribution in [1.29, 1.82) is 0 Å². The molecule has 3 unspecified atom stereocenters.